The second-order valence-electron chi connectivity index (χ2n) is 4.79. The minimum atomic E-state index is 0.256. The highest BCUT2D eigenvalue weighted by Crippen LogP contribution is 2.31. The number of thiophene rings is 1. The number of thiocarbonyl (C=S) groups is 1. The van der Waals surface area contributed by atoms with Crippen molar-refractivity contribution in [1.82, 2.24) is 0 Å². The molecule has 5 heteroatoms. The molecule has 0 spiro atoms. The van der Waals surface area contributed by atoms with E-state index in [9.17, 15) is 0 Å². The first-order valence-corrected chi connectivity index (χ1v) is 8.33. The van der Waals surface area contributed by atoms with E-state index in [0.717, 1.165) is 15.7 Å². The predicted molar refractivity (Wildman–Crippen MR) is 95.9 cm³/mol. The van der Waals surface area contributed by atoms with E-state index in [4.69, 9.17) is 18.0 Å². The van der Waals surface area contributed by atoms with Gasteiger partial charge in [0, 0.05) is 31.5 Å². The number of nitrogens with one attached hydrogen (secondary N) is 1. The molecule has 2 aromatic rings. The Morgan fingerprint density at radius 2 is 2.05 bits per heavy atom. The fourth-order valence-electron chi connectivity index (χ4n) is 2.18. The Hall–Kier alpha value is -0.910. The SMILES string of the molecule is Cc1cc(C(C)Nc2ccc(C(N)=S)cc2Br)c(C)s1. The van der Waals surface area contributed by atoms with Gasteiger partial charge in [-0.25, -0.2) is 0 Å². The van der Waals surface area contributed by atoms with Crippen LogP contribution in [0.15, 0.2) is 28.7 Å². The van der Waals surface area contributed by atoms with E-state index in [2.05, 4.69) is 48.1 Å². The van der Waals surface area contributed by atoms with Crippen molar-refractivity contribution in [2.24, 2.45) is 5.73 Å². The van der Waals surface area contributed by atoms with Crippen LogP contribution in [0.3, 0.4) is 0 Å². The van der Waals surface area contributed by atoms with E-state index in [1.165, 1.54) is 15.3 Å². The molecule has 0 aliphatic heterocycles. The Bertz CT molecular complexity index is 649. The zero-order valence-electron chi connectivity index (χ0n) is 11.7. The summed E-state index contributed by atoms with van der Waals surface area (Å²) in [7, 11) is 0. The Balaban J connectivity index is 2.22. The summed E-state index contributed by atoms with van der Waals surface area (Å²) in [6, 6.07) is 8.39. The van der Waals surface area contributed by atoms with Gasteiger partial charge in [-0.3, -0.25) is 0 Å². The zero-order chi connectivity index (χ0) is 14.9. The summed E-state index contributed by atoms with van der Waals surface area (Å²) in [6.07, 6.45) is 0. The highest BCUT2D eigenvalue weighted by atomic mass is 79.9. The summed E-state index contributed by atoms with van der Waals surface area (Å²) in [4.78, 5) is 3.11. The largest absolute Gasteiger partial charge is 0.389 e. The lowest BCUT2D eigenvalue weighted by Gasteiger charge is -2.17. The molecule has 0 saturated carbocycles. The third kappa shape index (κ3) is 3.40. The summed E-state index contributed by atoms with van der Waals surface area (Å²) in [5.41, 5.74) is 8.89. The van der Waals surface area contributed by atoms with Crippen LogP contribution in [0.5, 0.6) is 0 Å². The Kier molecular flexibility index (Phi) is 4.83. The van der Waals surface area contributed by atoms with E-state index in [1.807, 2.05) is 29.5 Å². The van der Waals surface area contributed by atoms with Crippen LogP contribution >= 0.6 is 39.5 Å². The highest BCUT2D eigenvalue weighted by Gasteiger charge is 2.12. The lowest BCUT2D eigenvalue weighted by molar-refractivity contribution is 0.880. The van der Waals surface area contributed by atoms with Gasteiger partial charge in [-0.1, -0.05) is 12.2 Å². The molecule has 2 nitrogen and oxygen atoms in total. The molecule has 0 aliphatic rings. The second-order valence-corrected chi connectivity index (χ2v) is 7.55. The average Bonchev–Trinajstić information content (AvgIpc) is 2.70. The minimum Gasteiger partial charge on any atom is -0.389 e. The number of hydrogen-bond acceptors (Lipinski definition) is 3. The fraction of sp³-hybridized carbons (Fsp3) is 0.267. The van der Waals surface area contributed by atoms with Crippen molar-refractivity contribution in [2.45, 2.75) is 26.8 Å². The molecule has 20 heavy (non-hydrogen) atoms. The molecular formula is C15H17BrN2S2. The van der Waals surface area contributed by atoms with Crippen molar-refractivity contribution in [3.63, 3.8) is 0 Å². The number of aryl methyl sites for hydroxylation is 2. The summed E-state index contributed by atoms with van der Waals surface area (Å²) in [6.45, 7) is 6.47. The molecule has 0 saturated heterocycles. The minimum absolute atomic E-state index is 0.256. The van der Waals surface area contributed by atoms with Crippen molar-refractivity contribution in [1.29, 1.82) is 0 Å². The van der Waals surface area contributed by atoms with Crippen molar-refractivity contribution < 1.29 is 0 Å². The number of nitrogens with two attached hydrogens (primary N) is 1. The van der Waals surface area contributed by atoms with Crippen LogP contribution in [0.1, 0.15) is 33.8 Å². The lowest BCUT2D eigenvalue weighted by atomic mass is 10.1. The highest BCUT2D eigenvalue weighted by molar-refractivity contribution is 9.10. The van der Waals surface area contributed by atoms with E-state index in [0.29, 0.717) is 4.99 Å². The third-order valence-electron chi connectivity index (χ3n) is 3.17. The first kappa shape index (κ1) is 15.5. The van der Waals surface area contributed by atoms with Gasteiger partial charge in [0.1, 0.15) is 4.99 Å². The number of halogens is 1. The maximum atomic E-state index is 5.64. The summed E-state index contributed by atoms with van der Waals surface area (Å²) in [5.74, 6) is 0. The maximum Gasteiger partial charge on any atom is 0.104 e. The van der Waals surface area contributed by atoms with Crippen LogP contribution in [0, 0.1) is 13.8 Å². The van der Waals surface area contributed by atoms with Crippen LogP contribution < -0.4 is 11.1 Å². The summed E-state index contributed by atoms with van der Waals surface area (Å²) in [5, 5.41) is 3.52. The van der Waals surface area contributed by atoms with Gasteiger partial charge in [-0.15, -0.1) is 11.3 Å². The number of benzene rings is 1. The second kappa shape index (κ2) is 6.24. The molecule has 1 heterocycles. The van der Waals surface area contributed by atoms with Gasteiger partial charge in [0.2, 0.25) is 0 Å². The van der Waals surface area contributed by atoms with Crippen LogP contribution in [0.4, 0.5) is 5.69 Å². The van der Waals surface area contributed by atoms with Crippen LogP contribution in [-0.4, -0.2) is 4.99 Å². The monoisotopic (exact) mass is 368 g/mol. The van der Waals surface area contributed by atoms with Crippen LogP contribution in [0.2, 0.25) is 0 Å². The van der Waals surface area contributed by atoms with Crippen molar-refractivity contribution >= 4 is 50.2 Å². The van der Waals surface area contributed by atoms with Crippen molar-refractivity contribution in [3.05, 3.63) is 49.6 Å². The molecule has 0 radical (unpaired) electrons. The average molecular weight is 369 g/mol. The molecule has 0 amide bonds. The molecule has 1 aromatic heterocycles. The molecular weight excluding hydrogens is 352 g/mol. The topological polar surface area (TPSA) is 38.0 Å². The quantitative estimate of drug-likeness (QED) is 0.750. The zero-order valence-corrected chi connectivity index (χ0v) is 14.9. The van der Waals surface area contributed by atoms with Gasteiger partial charge in [-0.2, -0.15) is 0 Å². The van der Waals surface area contributed by atoms with E-state index < -0.39 is 0 Å². The van der Waals surface area contributed by atoms with Gasteiger partial charge in [0.25, 0.3) is 0 Å². The maximum absolute atomic E-state index is 5.64. The molecule has 0 aliphatic carbocycles. The first-order valence-electron chi connectivity index (χ1n) is 6.31. The van der Waals surface area contributed by atoms with Crippen molar-refractivity contribution in [3.8, 4) is 0 Å². The van der Waals surface area contributed by atoms with Gasteiger partial charge in [0.05, 0.1) is 0 Å². The van der Waals surface area contributed by atoms with Gasteiger partial charge in [0.15, 0.2) is 0 Å². The van der Waals surface area contributed by atoms with E-state index in [-0.39, 0.29) is 6.04 Å². The van der Waals surface area contributed by atoms with Crippen molar-refractivity contribution in [2.75, 3.05) is 5.32 Å². The molecule has 1 atom stereocenters. The Morgan fingerprint density at radius 3 is 2.55 bits per heavy atom. The standard InChI is InChI=1S/C15H17BrN2S2/c1-8-6-12(10(3)20-8)9(2)18-14-5-4-11(15(17)19)7-13(14)16/h4-7,9,18H,1-3H3,(H2,17,19). The Labute approximate surface area is 137 Å². The van der Waals surface area contributed by atoms with Crippen LogP contribution in [0.25, 0.3) is 0 Å². The fourth-order valence-corrected chi connectivity index (χ4v) is 3.82. The number of rotatable bonds is 4. The van der Waals surface area contributed by atoms with E-state index >= 15 is 0 Å². The molecule has 3 N–H and O–H groups in total. The molecule has 0 fully saturated rings. The Morgan fingerprint density at radius 1 is 1.35 bits per heavy atom. The predicted octanol–water partition coefficient (Wildman–Crippen LogP) is 4.93. The van der Waals surface area contributed by atoms with Gasteiger partial charge in [-0.05, 0) is 66.5 Å². The van der Waals surface area contributed by atoms with Gasteiger partial charge < -0.3 is 11.1 Å². The molecule has 0 bridgehead atoms. The molecule has 1 unspecified atom stereocenters. The summed E-state index contributed by atoms with van der Waals surface area (Å²) < 4.78 is 0.972. The lowest BCUT2D eigenvalue weighted by Crippen LogP contribution is -2.11. The first-order chi connectivity index (χ1) is 9.38. The smallest absolute Gasteiger partial charge is 0.104 e. The normalized spacial score (nSPS) is 12.2. The number of anilines is 1. The van der Waals surface area contributed by atoms with Gasteiger partial charge >= 0.3 is 0 Å². The molecule has 2 rings (SSSR count). The molecule has 106 valence electrons. The number of hydrogen-bond donors (Lipinski definition) is 2. The van der Waals surface area contributed by atoms with E-state index in [1.54, 1.807) is 0 Å². The van der Waals surface area contributed by atoms with Crippen LogP contribution in [-0.2, 0) is 0 Å². The summed E-state index contributed by atoms with van der Waals surface area (Å²) >= 11 is 10.4. The molecule has 1 aromatic carbocycles. The third-order valence-corrected chi connectivity index (χ3v) is 5.04.